The van der Waals surface area contributed by atoms with E-state index in [1.807, 2.05) is 32.0 Å². The number of anilines is 1. The Bertz CT molecular complexity index is 655. The number of nitrogens with zero attached hydrogens (tertiary/aromatic N) is 1. The van der Waals surface area contributed by atoms with E-state index in [-0.39, 0.29) is 5.91 Å². The third kappa shape index (κ3) is 4.36. The quantitative estimate of drug-likeness (QED) is 0.871. The van der Waals surface area contributed by atoms with Crippen LogP contribution in [-0.2, 0) is 22.6 Å². The van der Waals surface area contributed by atoms with Crippen molar-refractivity contribution in [1.29, 1.82) is 0 Å². The maximum atomic E-state index is 12.1. The lowest BCUT2D eigenvalue weighted by atomic mass is 10.2. The number of amides is 1. The molecule has 1 N–H and O–H groups in total. The van der Waals surface area contributed by atoms with Crippen LogP contribution in [0.25, 0.3) is 0 Å². The number of carbonyl (C=O) groups is 1. The maximum absolute atomic E-state index is 12.1. The number of ether oxygens (including phenoxy) is 1. The first-order valence-electron chi connectivity index (χ1n) is 6.49. The Morgan fingerprint density at radius 3 is 2.86 bits per heavy atom. The number of carbonyl (C=O) groups excluding carboxylic acids is 1. The minimum Gasteiger partial charge on any atom is -0.378 e. The number of aryl methyl sites for hydroxylation is 2. The van der Waals surface area contributed by atoms with Crippen LogP contribution in [0.15, 0.2) is 22.7 Å². The van der Waals surface area contributed by atoms with E-state index in [0.29, 0.717) is 13.0 Å². The highest BCUT2D eigenvalue weighted by molar-refractivity contribution is 9.10. The molecule has 2 aromatic rings. The number of rotatable bonds is 5. The molecule has 0 aliphatic heterocycles. The van der Waals surface area contributed by atoms with Crippen LogP contribution in [0.3, 0.4) is 0 Å². The average Bonchev–Trinajstić information content (AvgIpc) is 2.74. The highest BCUT2D eigenvalue weighted by Gasteiger charge is 2.12. The third-order valence-electron chi connectivity index (χ3n) is 2.98. The molecule has 0 atom stereocenters. The van der Waals surface area contributed by atoms with Gasteiger partial charge in [-0.25, -0.2) is 4.98 Å². The average molecular weight is 369 g/mol. The van der Waals surface area contributed by atoms with E-state index in [2.05, 4.69) is 26.2 Å². The van der Waals surface area contributed by atoms with Crippen molar-refractivity contribution in [3.05, 3.63) is 43.8 Å². The van der Waals surface area contributed by atoms with E-state index >= 15 is 0 Å². The first-order valence-corrected chi connectivity index (χ1v) is 8.10. The molecular weight excluding hydrogens is 352 g/mol. The Hall–Kier alpha value is -1.24. The molecule has 4 nitrogen and oxygen atoms in total. The van der Waals surface area contributed by atoms with Crippen molar-refractivity contribution in [2.45, 2.75) is 26.9 Å². The largest absolute Gasteiger partial charge is 0.378 e. The van der Waals surface area contributed by atoms with Gasteiger partial charge in [-0.15, -0.1) is 11.3 Å². The summed E-state index contributed by atoms with van der Waals surface area (Å²) >= 11 is 4.98. The second-order valence-electron chi connectivity index (χ2n) is 4.74. The molecule has 1 amide bonds. The number of hydrogen-bond donors (Lipinski definition) is 1. The summed E-state index contributed by atoms with van der Waals surface area (Å²) in [5.41, 5.74) is 2.82. The molecule has 0 spiro atoms. The van der Waals surface area contributed by atoms with Crippen LogP contribution in [-0.4, -0.2) is 18.0 Å². The van der Waals surface area contributed by atoms with Crippen LogP contribution in [0.2, 0.25) is 0 Å². The molecule has 0 aliphatic rings. The van der Waals surface area contributed by atoms with E-state index in [0.717, 1.165) is 31.3 Å². The second-order valence-corrected chi connectivity index (χ2v) is 6.76. The zero-order valence-electron chi connectivity index (χ0n) is 12.2. The molecule has 0 aliphatic carbocycles. The van der Waals surface area contributed by atoms with Gasteiger partial charge in [-0.1, -0.05) is 22.0 Å². The van der Waals surface area contributed by atoms with Crippen molar-refractivity contribution in [2.24, 2.45) is 0 Å². The Morgan fingerprint density at radius 2 is 2.19 bits per heavy atom. The van der Waals surface area contributed by atoms with Crippen molar-refractivity contribution in [3.63, 3.8) is 0 Å². The lowest BCUT2D eigenvalue weighted by molar-refractivity contribution is -0.115. The smallest absolute Gasteiger partial charge is 0.229 e. The van der Waals surface area contributed by atoms with Crippen LogP contribution in [0, 0.1) is 13.8 Å². The summed E-state index contributed by atoms with van der Waals surface area (Å²) < 4.78 is 6.05. The summed E-state index contributed by atoms with van der Waals surface area (Å²) in [5, 5.41) is 3.80. The lowest BCUT2D eigenvalue weighted by Crippen LogP contribution is -2.14. The molecule has 0 fully saturated rings. The molecule has 0 unspecified atom stereocenters. The molecule has 0 saturated carbocycles. The van der Waals surface area contributed by atoms with Gasteiger partial charge in [0.1, 0.15) is 5.01 Å². The molecule has 1 aromatic heterocycles. The Balaban J connectivity index is 2.02. The molecule has 0 saturated heterocycles. The molecule has 0 radical (unpaired) electrons. The van der Waals surface area contributed by atoms with Crippen LogP contribution in [0.1, 0.15) is 21.1 Å². The van der Waals surface area contributed by atoms with Crippen LogP contribution < -0.4 is 5.32 Å². The Labute approximate surface area is 136 Å². The number of aromatic nitrogens is 1. The second kappa shape index (κ2) is 7.15. The van der Waals surface area contributed by atoms with Crippen molar-refractivity contribution >= 4 is 38.9 Å². The first kappa shape index (κ1) is 16.1. The highest BCUT2D eigenvalue weighted by Crippen LogP contribution is 2.22. The molecule has 1 aromatic carbocycles. The van der Waals surface area contributed by atoms with E-state index in [4.69, 9.17) is 4.74 Å². The van der Waals surface area contributed by atoms with Gasteiger partial charge in [0, 0.05) is 22.1 Å². The summed E-state index contributed by atoms with van der Waals surface area (Å²) in [7, 11) is 1.64. The van der Waals surface area contributed by atoms with Crippen LogP contribution in [0.4, 0.5) is 5.69 Å². The summed E-state index contributed by atoms with van der Waals surface area (Å²) in [6.45, 7) is 4.41. The summed E-state index contributed by atoms with van der Waals surface area (Å²) in [4.78, 5) is 17.5. The number of halogens is 1. The predicted octanol–water partition coefficient (Wildman–Crippen LogP) is 3.85. The monoisotopic (exact) mass is 368 g/mol. The van der Waals surface area contributed by atoms with Gasteiger partial charge in [0.05, 0.1) is 18.7 Å². The number of hydrogen-bond acceptors (Lipinski definition) is 4. The molecular formula is C15H17BrN2O2S. The zero-order valence-corrected chi connectivity index (χ0v) is 14.6. The first-order chi connectivity index (χ1) is 9.99. The number of thiazole rings is 1. The molecule has 1 heterocycles. The molecule has 0 bridgehead atoms. The van der Waals surface area contributed by atoms with Gasteiger partial charge in [-0.3, -0.25) is 4.79 Å². The number of benzene rings is 1. The number of nitrogens with one attached hydrogen (secondary N) is 1. The van der Waals surface area contributed by atoms with Crippen LogP contribution >= 0.6 is 27.3 Å². The third-order valence-corrected chi connectivity index (χ3v) is 4.97. The topological polar surface area (TPSA) is 51.2 Å². The molecule has 21 heavy (non-hydrogen) atoms. The molecule has 112 valence electrons. The van der Waals surface area contributed by atoms with Crippen molar-refractivity contribution in [1.82, 2.24) is 4.98 Å². The van der Waals surface area contributed by atoms with E-state index in [1.54, 1.807) is 7.11 Å². The fourth-order valence-electron chi connectivity index (χ4n) is 1.86. The highest BCUT2D eigenvalue weighted by atomic mass is 79.9. The predicted molar refractivity (Wildman–Crippen MR) is 88.8 cm³/mol. The SMILES string of the molecule is COCc1nc(C)c(CC(=O)Nc2ccc(C)c(Br)c2)s1. The summed E-state index contributed by atoms with van der Waals surface area (Å²) in [5.74, 6) is -0.0403. The molecule has 2 rings (SSSR count). The zero-order chi connectivity index (χ0) is 15.4. The summed E-state index contributed by atoms with van der Waals surface area (Å²) in [6.07, 6.45) is 0.332. The minimum absolute atomic E-state index is 0.0403. The van der Waals surface area contributed by atoms with Gasteiger partial charge in [0.15, 0.2) is 0 Å². The van der Waals surface area contributed by atoms with Gasteiger partial charge in [-0.05, 0) is 31.5 Å². The Kier molecular flexibility index (Phi) is 5.50. The molecule has 6 heteroatoms. The van der Waals surface area contributed by atoms with Crippen LogP contribution in [0.5, 0.6) is 0 Å². The van der Waals surface area contributed by atoms with E-state index in [1.165, 1.54) is 11.3 Å². The maximum Gasteiger partial charge on any atom is 0.229 e. The summed E-state index contributed by atoms with van der Waals surface area (Å²) in [6, 6.07) is 5.77. The standard InChI is InChI=1S/C15H17BrN2O2S/c1-9-4-5-11(6-12(9)16)18-14(19)7-13-10(2)17-15(21-13)8-20-3/h4-6H,7-8H2,1-3H3,(H,18,19). The van der Waals surface area contributed by atoms with E-state index in [9.17, 15) is 4.79 Å². The van der Waals surface area contributed by atoms with Gasteiger partial charge in [0.2, 0.25) is 5.91 Å². The lowest BCUT2D eigenvalue weighted by Gasteiger charge is -2.06. The Morgan fingerprint density at radius 1 is 1.43 bits per heavy atom. The normalized spacial score (nSPS) is 10.7. The van der Waals surface area contributed by atoms with Gasteiger partial charge in [0.25, 0.3) is 0 Å². The fraction of sp³-hybridized carbons (Fsp3) is 0.333. The van der Waals surface area contributed by atoms with Gasteiger partial charge in [-0.2, -0.15) is 0 Å². The van der Waals surface area contributed by atoms with Crippen molar-refractivity contribution in [3.8, 4) is 0 Å². The van der Waals surface area contributed by atoms with E-state index < -0.39 is 0 Å². The fourth-order valence-corrected chi connectivity index (χ4v) is 3.28. The van der Waals surface area contributed by atoms with Gasteiger partial charge >= 0.3 is 0 Å². The van der Waals surface area contributed by atoms with Crippen molar-refractivity contribution in [2.75, 3.05) is 12.4 Å². The number of methoxy groups -OCH3 is 1. The minimum atomic E-state index is -0.0403. The van der Waals surface area contributed by atoms with Crippen molar-refractivity contribution < 1.29 is 9.53 Å². The van der Waals surface area contributed by atoms with Gasteiger partial charge < -0.3 is 10.1 Å².